The maximum atomic E-state index is 12.6. The number of thioether (sulfide) groups is 1. The number of aliphatic carboxylic acids is 1. The molecule has 1 saturated heterocycles. The van der Waals surface area contributed by atoms with Gasteiger partial charge in [-0.15, -0.1) is 11.8 Å². The Bertz CT molecular complexity index is 897. The topological polar surface area (TPSA) is 142 Å². The summed E-state index contributed by atoms with van der Waals surface area (Å²) in [5.74, 6) is -2.90. The van der Waals surface area contributed by atoms with E-state index in [0.29, 0.717) is 0 Å². The van der Waals surface area contributed by atoms with Gasteiger partial charge in [-0.25, -0.2) is 4.79 Å². The van der Waals surface area contributed by atoms with Crippen LogP contribution in [0.25, 0.3) is 0 Å². The molecule has 138 valence electrons. The van der Waals surface area contributed by atoms with Crippen LogP contribution in [0.15, 0.2) is 39.2 Å². The summed E-state index contributed by atoms with van der Waals surface area (Å²) in [5, 5.41) is 23.7. The molecule has 2 amide bonds. The Balaban J connectivity index is 1.79. The second kappa shape index (κ2) is 7.22. The molecule has 0 aromatic carbocycles. The molecule has 0 radical (unpaired) electrons. The van der Waals surface area contributed by atoms with Crippen molar-refractivity contribution in [1.82, 2.24) is 10.2 Å². The van der Waals surface area contributed by atoms with Crippen LogP contribution in [-0.2, 0) is 19.2 Å². The van der Waals surface area contributed by atoms with Crippen molar-refractivity contribution in [2.45, 2.75) is 11.4 Å². The van der Waals surface area contributed by atoms with Gasteiger partial charge in [0.2, 0.25) is 5.71 Å². The van der Waals surface area contributed by atoms with Crippen LogP contribution < -0.4 is 5.32 Å². The Morgan fingerprint density at radius 1 is 1.62 bits per heavy atom. The van der Waals surface area contributed by atoms with Gasteiger partial charge in [0, 0.05) is 5.75 Å². The van der Waals surface area contributed by atoms with Crippen molar-refractivity contribution in [2.75, 3.05) is 19.4 Å². The quantitative estimate of drug-likeness (QED) is 0.334. The first-order valence-corrected chi connectivity index (χ1v) is 8.30. The zero-order chi connectivity index (χ0) is 21.3. The van der Waals surface area contributed by atoms with Gasteiger partial charge in [0.1, 0.15) is 24.2 Å². The number of carbonyl (C=O) groups excluding carboxylic acids is 2. The van der Waals surface area contributed by atoms with Crippen LogP contribution >= 0.6 is 11.8 Å². The zero-order valence-corrected chi connectivity index (χ0v) is 13.9. The third-order valence-electron chi connectivity index (χ3n) is 3.83. The number of carbonyl (C=O) groups is 3. The highest BCUT2D eigenvalue weighted by molar-refractivity contribution is 8.00. The number of furan rings is 1. The maximum absolute atomic E-state index is 12.6. The van der Waals surface area contributed by atoms with E-state index in [1.54, 1.807) is 0 Å². The minimum absolute atomic E-state index is 0.0830. The van der Waals surface area contributed by atoms with Crippen LogP contribution in [0.3, 0.4) is 0 Å². The third-order valence-corrected chi connectivity index (χ3v) is 5.17. The number of nitrogens with zero attached hydrogens (tertiary/aromatic N) is 2. The summed E-state index contributed by atoms with van der Waals surface area (Å²) in [6.07, 6.45) is 1.24. The number of hydrogen-bond donors (Lipinski definition) is 3. The molecular formula is C15H15N3O7S. The Morgan fingerprint density at radius 2 is 2.42 bits per heavy atom. The van der Waals surface area contributed by atoms with E-state index < -0.39 is 48.6 Å². The molecule has 0 spiro atoms. The van der Waals surface area contributed by atoms with E-state index in [1.807, 2.05) is 0 Å². The molecule has 1 aromatic heterocycles. The first kappa shape index (κ1) is 14.4. The Hall–Kier alpha value is -2.79. The zero-order valence-electron chi connectivity index (χ0n) is 16.0. The van der Waals surface area contributed by atoms with Crippen molar-refractivity contribution < 1.29 is 38.0 Å². The Kier molecular flexibility index (Phi) is 3.99. The van der Waals surface area contributed by atoms with Gasteiger partial charge in [0.15, 0.2) is 5.76 Å². The lowest BCUT2D eigenvalue weighted by molar-refractivity contribution is -0.150. The number of aliphatic hydroxyl groups is 1. The van der Waals surface area contributed by atoms with E-state index >= 15 is 0 Å². The number of β-lactam (4-membered cyclic amide) rings is 1. The van der Waals surface area contributed by atoms with E-state index in [0.717, 1.165) is 4.90 Å². The van der Waals surface area contributed by atoms with Crippen molar-refractivity contribution in [3.63, 3.8) is 0 Å². The van der Waals surface area contributed by atoms with E-state index in [1.165, 1.54) is 30.2 Å². The lowest BCUT2D eigenvalue weighted by atomic mass is 10.0. The predicted molar refractivity (Wildman–Crippen MR) is 89.0 cm³/mol. The first-order chi connectivity index (χ1) is 13.6. The van der Waals surface area contributed by atoms with Crippen LogP contribution in [0, 0.1) is 0 Å². The highest BCUT2D eigenvalue weighted by Crippen LogP contribution is 2.40. The van der Waals surface area contributed by atoms with Gasteiger partial charge in [-0.3, -0.25) is 14.5 Å². The first-order valence-electron chi connectivity index (χ1n) is 8.76. The number of oxime groups is 1. The smallest absolute Gasteiger partial charge is 0.352 e. The van der Waals surface area contributed by atoms with E-state index in [4.69, 9.17) is 8.53 Å². The summed E-state index contributed by atoms with van der Waals surface area (Å²) in [6.45, 7) is -0.510. The van der Waals surface area contributed by atoms with Crippen molar-refractivity contribution >= 4 is 35.3 Å². The van der Waals surface area contributed by atoms with Gasteiger partial charge in [-0.05, 0) is 17.7 Å². The van der Waals surface area contributed by atoms with E-state index in [2.05, 4.69) is 15.3 Å². The molecule has 2 aliphatic rings. The molecule has 2 aliphatic heterocycles. The average molecular weight is 384 g/mol. The number of aliphatic hydroxyl groups excluding tert-OH is 1. The minimum Gasteiger partial charge on any atom is -0.477 e. The van der Waals surface area contributed by atoms with E-state index in [-0.39, 0.29) is 22.8 Å². The van der Waals surface area contributed by atoms with Gasteiger partial charge in [0.05, 0.1) is 17.0 Å². The van der Waals surface area contributed by atoms with Gasteiger partial charge in [-0.2, -0.15) is 0 Å². The summed E-state index contributed by atoms with van der Waals surface area (Å²) >= 11 is 1.17. The van der Waals surface area contributed by atoms with Gasteiger partial charge >= 0.3 is 5.97 Å². The van der Waals surface area contributed by atoms with Crippen LogP contribution in [0.5, 0.6) is 0 Å². The highest BCUT2D eigenvalue weighted by Gasteiger charge is 2.54. The fourth-order valence-electron chi connectivity index (χ4n) is 2.67. The van der Waals surface area contributed by atoms with Crippen molar-refractivity contribution in [3.8, 4) is 0 Å². The lowest BCUT2D eigenvalue weighted by Crippen LogP contribution is -2.71. The molecule has 11 heteroatoms. The number of amides is 2. The largest absolute Gasteiger partial charge is 0.477 e. The molecule has 26 heavy (non-hydrogen) atoms. The minimum atomic E-state index is -2.90. The number of hydrogen-bond acceptors (Lipinski definition) is 8. The SMILES string of the molecule is [2H]C([2H])([2H])O/N=C(/C(=O)N[C@@H]1C(=O)N2C(C(=O)O)=C(CO)CS[C@H]12)c1ccco1. The lowest BCUT2D eigenvalue weighted by Gasteiger charge is -2.49. The molecule has 0 unspecified atom stereocenters. The van der Waals surface area contributed by atoms with Crippen LogP contribution in [0.1, 0.15) is 9.87 Å². The number of carboxylic acids is 1. The number of fused-ring (bicyclic) bond motifs is 1. The second-order valence-electron chi connectivity index (χ2n) is 5.28. The summed E-state index contributed by atoms with van der Waals surface area (Å²) in [4.78, 5) is 41.9. The standard InChI is InChI=1S/C15H15N3O7S/c1-24-17-9(8-3-2-4-25-8)12(20)16-10-13(21)18-11(15(22)23)7(5-19)6-26-14(10)18/h2-4,10,14,19H,5-6H2,1H3,(H,16,20)(H,22,23)/b17-9+/t10-,14-/m1/s1/i1D3. The summed E-state index contributed by atoms with van der Waals surface area (Å²) in [5.41, 5.74) is -0.610. The monoisotopic (exact) mass is 384 g/mol. The third kappa shape index (κ3) is 2.95. The number of nitrogens with one attached hydrogen (secondary N) is 1. The molecule has 1 fully saturated rings. The molecule has 0 bridgehead atoms. The van der Waals surface area contributed by atoms with Gasteiger partial charge in [0.25, 0.3) is 11.8 Å². The molecule has 1 aromatic rings. The van der Waals surface area contributed by atoms with Gasteiger partial charge in [-0.1, -0.05) is 5.16 Å². The molecule has 3 rings (SSSR count). The van der Waals surface area contributed by atoms with Crippen molar-refractivity contribution in [3.05, 3.63) is 35.4 Å². The fourth-order valence-corrected chi connectivity index (χ4v) is 4.01. The molecule has 0 saturated carbocycles. The second-order valence-corrected chi connectivity index (χ2v) is 6.39. The molecule has 2 atom stereocenters. The summed E-state index contributed by atoms with van der Waals surface area (Å²) in [7, 11) is -2.90. The fraction of sp³-hybridized carbons (Fsp3) is 0.333. The molecule has 0 aliphatic carbocycles. The van der Waals surface area contributed by atoms with Crippen molar-refractivity contribution in [1.29, 1.82) is 0 Å². The normalized spacial score (nSPS) is 24.8. The van der Waals surface area contributed by atoms with Gasteiger partial charge < -0.3 is 24.8 Å². The Morgan fingerprint density at radius 3 is 3.04 bits per heavy atom. The maximum Gasteiger partial charge on any atom is 0.352 e. The predicted octanol–water partition coefficient (Wildman–Crippen LogP) is -0.639. The molecule has 3 N–H and O–H groups in total. The average Bonchev–Trinajstić information content (AvgIpc) is 3.18. The molecular weight excluding hydrogens is 366 g/mol. The highest BCUT2D eigenvalue weighted by atomic mass is 32.2. The van der Waals surface area contributed by atoms with Crippen LogP contribution in [-0.4, -0.2) is 69.4 Å². The van der Waals surface area contributed by atoms with Crippen LogP contribution in [0.2, 0.25) is 0 Å². The summed E-state index contributed by atoms with van der Waals surface area (Å²) in [6, 6.07) is 1.72. The molecule has 3 heterocycles. The van der Waals surface area contributed by atoms with Crippen molar-refractivity contribution in [2.24, 2.45) is 5.16 Å². The molecule has 10 nitrogen and oxygen atoms in total. The number of rotatable bonds is 6. The van der Waals surface area contributed by atoms with Crippen LogP contribution in [0.4, 0.5) is 0 Å². The Labute approximate surface area is 155 Å². The summed E-state index contributed by atoms with van der Waals surface area (Å²) < 4.78 is 26.1. The van der Waals surface area contributed by atoms with E-state index in [9.17, 15) is 24.6 Å². The number of carboxylic acid groups (broad SMARTS) is 1.